The zero-order valence-electron chi connectivity index (χ0n) is 13.2. The fraction of sp³-hybridized carbons (Fsp3) is 0.467. The molecule has 2 rings (SSSR count). The number of hydrogen-bond donors (Lipinski definition) is 3. The summed E-state index contributed by atoms with van der Waals surface area (Å²) >= 11 is 0. The Labute approximate surface area is 139 Å². The van der Waals surface area contributed by atoms with Crippen LogP contribution < -0.4 is 16.4 Å². The molecule has 4 N–H and O–H groups in total. The molecule has 0 aromatic heterocycles. The molecule has 1 aliphatic heterocycles. The summed E-state index contributed by atoms with van der Waals surface area (Å²) in [6, 6.07) is 5.29. The third-order valence-electron chi connectivity index (χ3n) is 3.85. The van der Waals surface area contributed by atoms with Crippen LogP contribution in [0.25, 0.3) is 0 Å². The van der Waals surface area contributed by atoms with Crippen LogP contribution in [0.2, 0.25) is 0 Å². The number of rotatable bonds is 5. The van der Waals surface area contributed by atoms with E-state index in [4.69, 9.17) is 5.73 Å². The molecular weight excluding hydrogens is 314 g/mol. The Hall–Kier alpha value is -2.68. The Kier molecular flexibility index (Phi) is 6.07. The van der Waals surface area contributed by atoms with Crippen molar-refractivity contribution in [1.29, 1.82) is 0 Å². The fourth-order valence-electron chi connectivity index (χ4n) is 2.58. The molecule has 1 aliphatic rings. The van der Waals surface area contributed by atoms with Gasteiger partial charge in [0.2, 0.25) is 5.91 Å². The standard InChI is InChI=1S/C15H21N5O4/c16-7-8-17-14(21)11-2-1-9-19(10-11)15(22)18-12-3-5-13(6-4-12)20(23)24/h3-6,11H,1-2,7-10,16H2,(H,17,21)(H,18,22). The van der Waals surface area contributed by atoms with E-state index in [9.17, 15) is 19.7 Å². The summed E-state index contributed by atoms with van der Waals surface area (Å²) < 4.78 is 0. The Morgan fingerprint density at radius 1 is 1.33 bits per heavy atom. The molecule has 24 heavy (non-hydrogen) atoms. The summed E-state index contributed by atoms with van der Waals surface area (Å²) in [5, 5.41) is 16.1. The molecule has 1 heterocycles. The maximum Gasteiger partial charge on any atom is 0.321 e. The predicted molar refractivity (Wildman–Crippen MR) is 88.5 cm³/mol. The van der Waals surface area contributed by atoms with Gasteiger partial charge in [0.15, 0.2) is 0 Å². The van der Waals surface area contributed by atoms with Gasteiger partial charge in [-0.1, -0.05) is 0 Å². The average Bonchev–Trinajstić information content (AvgIpc) is 2.60. The normalized spacial score (nSPS) is 17.2. The Morgan fingerprint density at radius 2 is 2.04 bits per heavy atom. The van der Waals surface area contributed by atoms with Crippen molar-refractivity contribution in [3.63, 3.8) is 0 Å². The largest absolute Gasteiger partial charge is 0.355 e. The number of amides is 3. The van der Waals surface area contributed by atoms with Crippen molar-refractivity contribution in [3.05, 3.63) is 34.4 Å². The number of nitrogens with two attached hydrogens (primary N) is 1. The number of nitro groups is 1. The topological polar surface area (TPSA) is 131 Å². The highest BCUT2D eigenvalue weighted by Crippen LogP contribution is 2.19. The Balaban J connectivity index is 1.91. The summed E-state index contributed by atoms with van der Waals surface area (Å²) in [6.07, 6.45) is 1.48. The van der Waals surface area contributed by atoms with Gasteiger partial charge >= 0.3 is 6.03 Å². The molecule has 9 heteroatoms. The molecule has 1 unspecified atom stereocenters. The van der Waals surface area contributed by atoms with E-state index in [1.165, 1.54) is 24.3 Å². The third kappa shape index (κ3) is 4.66. The van der Waals surface area contributed by atoms with E-state index < -0.39 is 4.92 Å². The smallest absolute Gasteiger partial charge is 0.321 e. The number of carbonyl (C=O) groups excluding carboxylic acids is 2. The van der Waals surface area contributed by atoms with E-state index in [0.717, 1.165) is 12.8 Å². The zero-order valence-corrected chi connectivity index (χ0v) is 13.2. The minimum absolute atomic E-state index is 0.0392. The Morgan fingerprint density at radius 3 is 2.67 bits per heavy atom. The van der Waals surface area contributed by atoms with Crippen LogP contribution in [0.3, 0.4) is 0 Å². The predicted octanol–water partition coefficient (Wildman–Crippen LogP) is 0.914. The SMILES string of the molecule is NCCNC(=O)C1CCCN(C(=O)Nc2ccc([N+](=O)[O-])cc2)C1. The fourth-order valence-corrected chi connectivity index (χ4v) is 2.58. The van der Waals surface area contributed by atoms with Crippen LogP contribution in [0.5, 0.6) is 0 Å². The molecule has 0 aliphatic carbocycles. The van der Waals surface area contributed by atoms with Crippen molar-refractivity contribution in [1.82, 2.24) is 10.2 Å². The van der Waals surface area contributed by atoms with Crippen LogP contribution >= 0.6 is 0 Å². The van der Waals surface area contributed by atoms with Crippen molar-refractivity contribution in [2.75, 3.05) is 31.5 Å². The monoisotopic (exact) mass is 335 g/mol. The van der Waals surface area contributed by atoms with Gasteiger partial charge in [-0.2, -0.15) is 0 Å². The van der Waals surface area contributed by atoms with Crippen LogP contribution in [0.1, 0.15) is 12.8 Å². The summed E-state index contributed by atoms with van der Waals surface area (Å²) in [5.41, 5.74) is 5.80. The summed E-state index contributed by atoms with van der Waals surface area (Å²) in [7, 11) is 0. The quantitative estimate of drug-likeness (QED) is 0.544. The van der Waals surface area contributed by atoms with Crippen LogP contribution in [-0.2, 0) is 4.79 Å². The number of likely N-dealkylation sites (tertiary alicyclic amines) is 1. The average molecular weight is 335 g/mol. The maximum atomic E-state index is 12.3. The molecule has 1 saturated heterocycles. The van der Waals surface area contributed by atoms with Crippen molar-refractivity contribution in [3.8, 4) is 0 Å². The van der Waals surface area contributed by atoms with E-state index in [2.05, 4.69) is 10.6 Å². The van der Waals surface area contributed by atoms with Gasteiger partial charge in [-0.3, -0.25) is 14.9 Å². The second kappa shape index (κ2) is 8.25. The lowest BCUT2D eigenvalue weighted by atomic mass is 9.97. The number of anilines is 1. The number of nitrogens with one attached hydrogen (secondary N) is 2. The first-order valence-corrected chi connectivity index (χ1v) is 7.79. The van der Waals surface area contributed by atoms with E-state index in [1.54, 1.807) is 4.90 Å². The van der Waals surface area contributed by atoms with Crippen molar-refractivity contribution >= 4 is 23.3 Å². The molecule has 1 atom stereocenters. The van der Waals surface area contributed by atoms with Crippen LogP contribution in [0.4, 0.5) is 16.2 Å². The van der Waals surface area contributed by atoms with Gasteiger partial charge in [-0.25, -0.2) is 4.79 Å². The first-order chi connectivity index (χ1) is 11.5. The summed E-state index contributed by atoms with van der Waals surface area (Å²) in [5.74, 6) is -0.332. The lowest BCUT2D eigenvalue weighted by molar-refractivity contribution is -0.384. The van der Waals surface area contributed by atoms with Crippen molar-refractivity contribution in [2.24, 2.45) is 11.7 Å². The minimum Gasteiger partial charge on any atom is -0.355 e. The van der Waals surface area contributed by atoms with Gasteiger partial charge in [0.1, 0.15) is 0 Å². The first kappa shape index (κ1) is 17.7. The van der Waals surface area contributed by atoms with Crippen LogP contribution in [0.15, 0.2) is 24.3 Å². The second-order valence-electron chi connectivity index (χ2n) is 5.60. The highest BCUT2D eigenvalue weighted by atomic mass is 16.6. The number of hydrogen-bond acceptors (Lipinski definition) is 5. The molecule has 1 fully saturated rings. The van der Waals surface area contributed by atoms with Gasteiger partial charge in [0.25, 0.3) is 5.69 Å². The second-order valence-corrected chi connectivity index (χ2v) is 5.60. The highest BCUT2D eigenvalue weighted by Gasteiger charge is 2.28. The van der Waals surface area contributed by atoms with E-state index in [0.29, 0.717) is 31.9 Å². The van der Waals surface area contributed by atoms with Crippen LogP contribution in [0, 0.1) is 16.0 Å². The van der Waals surface area contributed by atoms with Gasteiger partial charge in [0.05, 0.1) is 10.8 Å². The Bertz CT molecular complexity index is 604. The first-order valence-electron chi connectivity index (χ1n) is 7.79. The lowest BCUT2D eigenvalue weighted by Gasteiger charge is -2.32. The molecule has 1 aromatic carbocycles. The molecule has 0 saturated carbocycles. The van der Waals surface area contributed by atoms with Gasteiger partial charge in [-0.05, 0) is 25.0 Å². The lowest BCUT2D eigenvalue weighted by Crippen LogP contribution is -2.47. The number of urea groups is 1. The van der Waals surface area contributed by atoms with Gasteiger partial charge < -0.3 is 21.3 Å². The molecule has 9 nitrogen and oxygen atoms in total. The van der Waals surface area contributed by atoms with Crippen LogP contribution in [-0.4, -0.2) is 47.9 Å². The van der Waals surface area contributed by atoms with Gasteiger partial charge in [-0.15, -0.1) is 0 Å². The van der Waals surface area contributed by atoms with E-state index >= 15 is 0 Å². The molecule has 0 bridgehead atoms. The summed E-state index contributed by atoms with van der Waals surface area (Å²) in [4.78, 5) is 36.0. The zero-order chi connectivity index (χ0) is 17.5. The number of carbonyl (C=O) groups is 2. The molecule has 1 aromatic rings. The third-order valence-corrected chi connectivity index (χ3v) is 3.85. The molecule has 0 spiro atoms. The maximum absolute atomic E-state index is 12.3. The highest BCUT2D eigenvalue weighted by molar-refractivity contribution is 5.90. The number of nitrogens with zero attached hydrogens (tertiary/aromatic N) is 2. The molecule has 130 valence electrons. The summed E-state index contributed by atoms with van der Waals surface area (Å²) in [6.45, 7) is 1.71. The molecular formula is C15H21N5O4. The molecule has 3 amide bonds. The number of non-ortho nitro benzene ring substituents is 1. The van der Waals surface area contributed by atoms with Gasteiger partial charge in [0, 0.05) is 44.0 Å². The van der Waals surface area contributed by atoms with Crippen molar-refractivity contribution < 1.29 is 14.5 Å². The van der Waals surface area contributed by atoms with E-state index in [-0.39, 0.29) is 23.5 Å². The number of benzene rings is 1. The molecule has 0 radical (unpaired) electrons. The van der Waals surface area contributed by atoms with Crippen molar-refractivity contribution in [2.45, 2.75) is 12.8 Å². The number of piperidine rings is 1. The number of nitro benzene ring substituents is 1. The van der Waals surface area contributed by atoms with E-state index in [1.807, 2.05) is 0 Å². The minimum atomic E-state index is -0.499.